The van der Waals surface area contributed by atoms with E-state index in [0.717, 1.165) is 6.42 Å². The van der Waals surface area contributed by atoms with Gasteiger partial charge in [0.25, 0.3) is 0 Å². The van der Waals surface area contributed by atoms with E-state index in [1.54, 1.807) is 9.80 Å². The number of carboxylic acids is 1. The number of hydrogen-bond acceptors (Lipinski definition) is 3. The van der Waals surface area contributed by atoms with Crippen LogP contribution in [0.1, 0.15) is 11.1 Å². The van der Waals surface area contributed by atoms with Gasteiger partial charge >= 0.3 is 12.0 Å². The maximum atomic E-state index is 12.5. The van der Waals surface area contributed by atoms with Gasteiger partial charge in [0, 0.05) is 19.6 Å². The number of amides is 2. The quantitative estimate of drug-likeness (QED) is 0.836. The van der Waals surface area contributed by atoms with Crippen LogP contribution in [0.2, 0.25) is 0 Å². The molecule has 2 heterocycles. The van der Waals surface area contributed by atoms with E-state index in [1.165, 1.54) is 11.1 Å². The Morgan fingerprint density at radius 2 is 1.90 bits per heavy atom. The average molecular weight is 290 g/mol. The van der Waals surface area contributed by atoms with Crippen molar-refractivity contribution in [3.63, 3.8) is 0 Å². The van der Waals surface area contributed by atoms with E-state index >= 15 is 0 Å². The number of morpholine rings is 1. The van der Waals surface area contributed by atoms with Crippen LogP contribution in [0.3, 0.4) is 0 Å². The Morgan fingerprint density at radius 3 is 2.67 bits per heavy atom. The van der Waals surface area contributed by atoms with Gasteiger partial charge in [-0.25, -0.2) is 9.59 Å². The number of hydrogen-bond donors (Lipinski definition) is 1. The smallest absolute Gasteiger partial charge is 0.334 e. The van der Waals surface area contributed by atoms with Crippen molar-refractivity contribution in [3.05, 3.63) is 35.4 Å². The molecular formula is C15H18N2O4. The second-order valence-corrected chi connectivity index (χ2v) is 5.37. The van der Waals surface area contributed by atoms with Crippen LogP contribution in [0.25, 0.3) is 0 Å². The minimum absolute atomic E-state index is 0.0981. The van der Waals surface area contributed by atoms with Gasteiger partial charge in [-0.1, -0.05) is 24.3 Å². The van der Waals surface area contributed by atoms with Gasteiger partial charge in [0.2, 0.25) is 0 Å². The van der Waals surface area contributed by atoms with E-state index < -0.39 is 12.1 Å². The molecule has 6 heteroatoms. The van der Waals surface area contributed by atoms with Crippen LogP contribution in [0, 0.1) is 0 Å². The second kappa shape index (κ2) is 5.73. The number of carboxylic acid groups (broad SMARTS) is 1. The number of urea groups is 1. The molecule has 112 valence electrons. The summed E-state index contributed by atoms with van der Waals surface area (Å²) in [6, 6.07) is 8.01. The van der Waals surface area contributed by atoms with Gasteiger partial charge in [-0.3, -0.25) is 0 Å². The van der Waals surface area contributed by atoms with Crippen molar-refractivity contribution in [2.24, 2.45) is 0 Å². The van der Waals surface area contributed by atoms with Crippen LogP contribution < -0.4 is 0 Å². The molecule has 6 nitrogen and oxygen atoms in total. The molecule has 0 aliphatic carbocycles. The summed E-state index contributed by atoms with van der Waals surface area (Å²) in [7, 11) is 0. The molecule has 0 aromatic heterocycles. The fourth-order valence-electron chi connectivity index (χ4n) is 2.83. The monoisotopic (exact) mass is 290 g/mol. The molecule has 0 saturated carbocycles. The topological polar surface area (TPSA) is 70.1 Å². The maximum Gasteiger partial charge on any atom is 0.334 e. The Kier molecular flexibility index (Phi) is 3.79. The number of aliphatic carboxylic acids is 1. The van der Waals surface area contributed by atoms with Crippen molar-refractivity contribution < 1.29 is 19.4 Å². The van der Waals surface area contributed by atoms with E-state index in [0.29, 0.717) is 19.6 Å². The number of fused-ring (bicyclic) bond motifs is 1. The highest BCUT2D eigenvalue weighted by Gasteiger charge is 2.32. The summed E-state index contributed by atoms with van der Waals surface area (Å²) in [5, 5.41) is 9.00. The van der Waals surface area contributed by atoms with E-state index in [4.69, 9.17) is 9.84 Å². The first-order chi connectivity index (χ1) is 10.1. The van der Waals surface area contributed by atoms with Crippen LogP contribution in [-0.2, 0) is 22.5 Å². The predicted octanol–water partition coefficient (Wildman–Crippen LogP) is 0.950. The van der Waals surface area contributed by atoms with Gasteiger partial charge in [-0.05, 0) is 17.5 Å². The Balaban J connectivity index is 1.67. The number of nitrogens with zero attached hydrogens (tertiary/aromatic N) is 2. The van der Waals surface area contributed by atoms with Gasteiger partial charge in [-0.15, -0.1) is 0 Å². The summed E-state index contributed by atoms with van der Waals surface area (Å²) < 4.78 is 5.15. The Morgan fingerprint density at radius 1 is 1.14 bits per heavy atom. The molecule has 2 aliphatic heterocycles. The third kappa shape index (κ3) is 2.85. The molecule has 1 aromatic carbocycles. The zero-order valence-corrected chi connectivity index (χ0v) is 11.7. The number of carbonyl (C=O) groups is 2. The number of benzene rings is 1. The standard InChI is InChI=1S/C15H18N2O4/c18-14(19)13-10-17(7-8-21-13)15(20)16-6-5-11-3-1-2-4-12(11)9-16/h1-4,13H,5-10H2,(H,18,19). The summed E-state index contributed by atoms with van der Waals surface area (Å²) in [6.45, 7) is 2.09. The van der Waals surface area contributed by atoms with E-state index in [2.05, 4.69) is 6.07 Å². The lowest BCUT2D eigenvalue weighted by Crippen LogP contribution is -2.53. The van der Waals surface area contributed by atoms with Gasteiger partial charge in [0.1, 0.15) is 0 Å². The van der Waals surface area contributed by atoms with Crippen LogP contribution in [-0.4, -0.2) is 59.3 Å². The molecule has 0 bridgehead atoms. The summed E-state index contributed by atoms with van der Waals surface area (Å²) >= 11 is 0. The fraction of sp³-hybridized carbons (Fsp3) is 0.467. The lowest BCUT2D eigenvalue weighted by molar-refractivity contribution is -0.154. The van der Waals surface area contributed by atoms with Crippen molar-refractivity contribution >= 4 is 12.0 Å². The van der Waals surface area contributed by atoms with Gasteiger partial charge in [-0.2, -0.15) is 0 Å². The minimum atomic E-state index is -1.02. The van der Waals surface area contributed by atoms with Crippen molar-refractivity contribution in [3.8, 4) is 0 Å². The van der Waals surface area contributed by atoms with Crippen molar-refractivity contribution in [2.45, 2.75) is 19.1 Å². The number of ether oxygens (including phenoxy) is 1. The molecule has 1 atom stereocenters. The molecule has 3 rings (SSSR count). The third-order valence-corrected chi connectivity index (χ3v) is 4.01. The lowest BCUT2D eigenvalue weighted by Gasteiger charge is -2.37. The zero-order valence-electron chi connectivity index (χ0n) is 11.7. The summed E-state index contributed by atoms with van der Waals surface area (Å²) in [5.41, 5.74) is 2.45. The van der Waals surface area contributed by atoms with Crippen LogP contribution in [0.15, 0.2) is 24.3 Å². The van der Waals surface area contributed by atoms with Crippen LogP contribution >= 0.6 is 0 Å². The SMILES string of the molecule is O=C(O)C1CN(C(=O)N2CCc3ccccc3C2)CCO1. The first-order valence-electron chi connectivity index (χ1n) is 7.10. The van der Waals surface area contributed by atoms with Gasteiger partial charge in [0.15, 0.2) is 6.10 Å². The van der Waals surface area contributed by atoms with Crippen molar-refractivity contribution in [1.82, 2.24) is 9.80 Å². The maximum absolute atomic E-state index is 12.5. The van der Waals surface area contributed by atoms with Crippen LogP contribution in [0.4, 0.5) is 4.79 Å². The molecule has 1 aromatic rings. The summed E-state index contributed by atoms with van der Waals surface area (Å²) in [5.74, 6) is -1.02. The van der Waals surface area contributed by atoms with Gasteiger partial charge in [0.05, 0.1) is 13.2 Å². The molecule has 1 fully saturated rings. The Labute approximate surface area is 122 Å². The Bertz CT molecular complexity index is 560. The highest BCUT2D eigenvalue weighted by molar-refractivity contribution is 5.77. The molecular weight excluding hydrogens is 272 g/mol. The predicted molar refractivity (Wildman–Crippen MR) is 74.9 cm³/mol. The molecule has 1 unspecified atom stereocenters. The summed E-state index contributed by atoms with van der Waals surface area (Å²) in [4.78, 5) is 26.9. The van der Waals surface area contributed by atoms with Crippen molar-refractivity contribution in [1.29, 1.82) is 0 Å². The van der Waals surface area contributed by atoms with Crippen molar-refractivity contribution in [2.75, 3.05) is 26.2 Å². The van der Waals surface area contributed by atoms with Gasteiger partial charge < -0.3 is 19.6 Å². The highest BCUT2D eigenvalue weighted by atomic mass is 16.5. The van der Waals surface area contributed by atoms with E-state index in [9.17, 15) is 9.59 Å². The second-order valence-electron chi connectivity index (χ2n) is 5.37. The molecule has 1 saturated heterocycles. The minimum Gasteiger partial charge on any atom is -0.479 e. The molecule has 1 N–H and O–H groups in total. The number of carbonyl (C=O) groups excluding carboxylic acids is 1. The first-order valence-corrected chi connectivity index (χ1v) is 7.10. The van der Waals surface area contributed by atoms with Crippen LogP contribution in [0.5, 0.6) is 0 Å². The third-order valence-electron chi connectivity index (χ3n) is 4.01. The Hall–Kier alpha value is -2.08. The van der Waals surface area contributed by atoms with E-state index in [1.807, 2.05) is 18.2 Å². The average Bonchev–Trinajstić information content (AvgIpc) is 2.53. The first kappa shape index (κ1) is 13.9. The van der Waals surface area contributed by atoms with E-state index in [-0.39, 0.29) is 19.2 Å². The summed E-state index contributed by atoms with van der Waals surface area (Å²) in [6.07, 6.45) is -0.0750. The number of rotatable bonds is 1. The fourth-order valence-corrected chi connectivity index (χ4v) is 2.83. The molecule has 2 amide bonds. The molecule has 0 radical (unpaired) electrons. The largest absolute Gasteiger partial charge is 0.479 e. The lowest BCUT2D eigenvalue weighted by atomic mass is 10.0. The highest BCUT2D eigenvalue weighted by Crippen LogP contribution is 2.20. The normalized spacial score (nSPS) is 21.8. The zero-order chi connectivity index (χ0) is 14.8. The molecule has 0 spiro atoms. The molecule has 21 heavy (non-hydrogen) atoms. The molecule has 2 aliphatic rings.